The predicted octanol–water partition coefficient (Wildman–Crippen LogP) is 4.53. The van der Waals surface area contributed by atoms with Gasteiger partial charge in [-0.3, -0.25) is 0 Å². The van der Waals surface area contributed by atoms with Crippen LogP contribution in [-0.4, -0.2) is 6.54 Å². The first-order valence-corrected chi connectivity index (χ1v) is 7.63. The molecule has 0 saturated carbocycles. The van der Waals surface area contributed by atoms with Crippen molar-refractivity contribution in [3.05, 3.63) is 68.7 Å². The summed E-state index contributed by atoms with van der Waals surface area (Å²) >= 11 is 9.49. The van der Waals surface area contributed by atoms with Gasteiger partial charge >= 0.3 is 0 Å². The van der Waals surface area contributed by atoms with Crippen LogP contribution in [0, 0.1) is 0 Å². The summed E-state index contributed by atoms with van der Waals surface area (Å²) in [5, 5.41) is 4.29. The Morgan fingerprint density at radius 2 is 2.05 bits per heavy atom. The Bertz CT molecular complexity index is 597. The maximum Gasteiger partial charge on any atom is 0.0551 e. The third-order valence-electron chi connectivity index (χ3n) is 3.67. The monoisotopic (exact) mass is 335 g/mol. The Hall–Kier alpha value is -0.830. The number of hydrogen-bond acceptors (Lipinski definition) is 1. The van der Waals surface area contributed by atoms with Crippen LogP contribution in [0.4, 0.5) is 0 Å². The number of rotatable bonds is 4. The van der Waals surface area contributed by atoms with Crippen molar-refractivity contribution < 1.29 is 0 Å². The molecule has 19 heavy (non-hydrogen) atoms. The minimum absolute atomic E-state index is 0.669. The number of benzene rings is 2. The third kappa shape index (κ3) is 2.86. The first-order valence-electron chi connectivity index (χ1n) is 6.46. The standard InChI is InChI=1S/C16H15BrClN/c17-15-6-5-11(7-16(15)18)9-19-10-13-8-12-3-1-2-4-14(12)13/h1-7,13,19H,8-10H2. The largest absolute Gasteiger partial charge is 0.312 e. The van der Waals surface area contributed by atoms with E-state index in [2.05, 4.69) is 51.6 Å². The Morgan fingerprint density at radius 1 is 1.21 bits per heavy atom. The average Bonchev–Trinajstić information content (AvgIpc) is 2.39. The summed E-state index contributed by atoms with van der Waals surface area (Å²) in [7, 11) is 0. The molecule has 3 heteroatoms. The van der Waals surface area contributed by atoms with Crippen molar-refractivity contribution in [3.8, 4) is 0 Å². The molecule has 0 aromatic heterocycles. The van der Waals surface area contributed by atoms with Crippen molar-refractivity contribution in [2.24, 2.45) is 0 Å². The summed E-state index contributed by atoms with van der Waals surface area (Å²) in [6.07, 6.45) is 1.20. The van der Waals surface area contributed by atoms with E-state index >= 15 is 0 Å². The third-order valence-corrected chi connectivity index (χ3v) is 4.90. The lowest BCUT2D eigenvalue weighted by molar-refractivity contribution is 0.536. The summed E-state index contributed by atoms with van der Waals surface area (Å²) in [6.45, 7) is 1.90. The van der Waals surface area contributed by atoms with Crippen LogP contribution in [-0.2, 0) is 13.0 Å². The van der Waals surface area contributed by atoms with Crippen molar-refractivity contribution in [1.82, 2.24) is 5.32 Å². The Kier molecular flexibility index (Phi) is 3.92. The molecule has 2 aromatic carbocycles. The van der Waals surface area contributed by atoms with Crippen LogP contribution in [0.15, 0.2) is 46.9 Å². The predicted molar refractivity (Wildman–Crippen MR) is 83.7 cm³/mol. The van der Waals surface area contributed by atoms with Crippen LogP contribution < -0.4 is 5.32 Å². The summed E-state index contributed by atoms with van der Waals surface area (Å²) in [5.41, 5.74) is 4.23. The van der Waals surface area contributed by atoms with Gasteiger partial charge in [0.15, 0.2) is 0 Å². The SMILES string of the molecule is Clc1cc(CNCC2Cc3ccccc32)ccc1Br. The van der Waals surface area contributed by atoms with Crippen LogP contribution in [0.3, 0.4) is 0 Å². The molecule has 2 aromatic rings. The molecule has 0 spiro atoms. The van der Waals surface area contributed by atoms with E-state index in [-0.39, 0.29) is 0 Å². The summed E-state index contributed by atoms with van der Waals surface area (Å²) in [4.78, 5) is 0. The van der Waals surface area contributed by atoms with E-state index in [1.807, 2.05) is 12.1 Å². The molecule has 0 heterocycles. The zero-order valence-electron chi connectivity index (χ0n) is 10.5. The molecule has 98 valence electrons. The molecule has 1 aliphatic carbocycles. The lowest BCUT2D eigenvalue weighted by Crippen LogP contribution is -2.28. The lowest BCUT2D eigenvalue weighted by atomic mass is 9.77. The second kappa shape index (κ2) is 5.66. The van der Waals surface area contributed by atoms with E-state index in [1.165, 1.54) is 23.1 Å². The first kappa shape index (κ1) is 13.2. The molecule has 0 bridgehead atoms. The van der Waals surface area contributed by atoms with Crippen molar-refractivity contribution in [1.29, 1.82) is 0 Å². The maximum absolute atomic E-state index is 6.09. The van der Waals surface area contributed by atoms with Crippen LogP contribution in [0.1, 0.15) is 22.6 Å². The van der Waals surface area contributed by atoms with Crippen LogP contribution >= 0.6 is 27.5 Å². The molecule has 1 aliphatic rings. The van der Waals surface area contributed by atoms with Gasteiger partial charge in [-0.25, -0.2) is 0 Å². The molecule has 1 N–H and O–H groups in total. The van der Waals surface area contributed by atoms with Gasteiger partial charge < -0.3 is 5.32 Å². The second-order valence-corrected chi connectivity index (χ2v) is 6.24. The van der Waals surface area contributed by atoms with Gasteiger partial charge in [-0.15, -0.1) is 0 Å². The summed E-state index contributed by atoms with van der Waals surface area (Å²) in [6, 6.07) is 14.8. The van der Waals surface area contributed by atoms with Gasteiger partial charge in [-0.1, -0.05) is 41.9 Å². The smallest absolute Gasteiger partial charge is 0.0551 e. The van der Waals surface area contributed by atoms with Gasteiger partial charge in [-0.2, -0.15) is 0 Å². The minimum atomic E-state index is 0.669. The average molecular weight is 337 g/mol. The van der Waals surface area contributed by atoms with Crippen molar-refractivity contribution >= 4 is 27.5 Å². The summed E-state index contributed by atoms with van der Waals surface area (Å²) in [5.74, 6) is 0.669. The fraction of sp³-hybridized carbons (Fsp3) is 0.250. The summed E-state index contributed by atoms with van der Waals surface area (Å²) < 4.78 is 0.950. The number of hydrogen-bond donors (Lipinski definition) is 1. The van der Waals surface area contributed by atoms with E-state index in [1.54, 1.807) is 0 Å². The maximum atomic E-state index is 6.09. The Morgan fingerprint density at radius 3 is 2.84 bits per heavy atom. The van der Waals surface area contributed by atoms with E-state index < -0.39 is 0 Å². The van der Waals surface area contributed by atoms with Crippen LogP contribution in [0.5, 0.6) is 0 Å². The molecular formula is C16H15BrClN. The van der Waals surface area contributed by atoms with Crippen LogP contribution in [0.2, 0.25) is 5.02 Å². The normalized spacial score (nSPS) is 16.8. The molecule has 3 rings (SSSR count). The second-order valence-electron chi connectivity index (χ2n) is 4.98. The van der Waals surface area contributed by atoms with Crippen LogP contribution in [0.25, 0.3) is 0 Å². The zero-order chi connectivity index (χ0) is 13.2. The fourth-order valence-corrected chi connectivity index (χ4v) is 3.03. The highest BCUT2D eigenvalue weighted by atomic mass is 79.9. The topological polar surface area (TPSA) is 12.0 Å². The number of halogens is 2. The van der Waals surface area contributed by atoms with E-state index in [4.69, 9.17) is 11.6 Å². The highest BCUT2D eigenvalue weighted by molar-refractivity contribution is 9.10. The van der Waals surface area contributed by atoms with Crippen molar-refractivity contribution in [2.45, 2.75) is 18.9 Å². The molecular weight excluding hydrogens is 322 g/mol. The van der Waals surface area contributed by atoms with E-state index in [0.29, 0.717) is 5.92 Å². The molecule has 0 fully saturated rings. The number of fused-ring (bicyclic) bond motifs is 1. The van der Waals surface area contributed by atoms with E-state index in [0.717, 1.165) is 22.6 Å². The van der Waals surface area contributed by atoms with Gasteiger partial charge in [0.05, 0.1) is 5.02 Å². The molecule has 0 aliphatic heterocycles. The fourth-order valence-electron chi connectivity index (χ4n) is 2.59. The lowest BCUT2D eigenvalue weighted by Gasteiger charge is -2.30. The minimum Gasteiger partial charge on any atom is -0.312 e. The molecule has 1 nitrogen and oxygen atoms in total. The van der Waals surface area contributed by atoms with E-state index in [9.17, 15) is 0 Å². The van der Waals surface area contributed by atoms with Gasteiger partial charge in [-0.05, 0) is 51.2 Å². The zero-order valence-corrected chi connectivity index (χ0v) is 12.8. The molecule has 0 saturated heterocycles. The van der Waals surface area contributed by atoms with Gasteiger partial charge in [0.2, 0.25) is 0 Å². The molecule has 0 amide bonds. The highest BCUT2D eigenvalue weighted by Crippen LogP contribution is 2.34. The Labute approximate surface area is 127 Å². The van der Waals surface area contributed by atoms with Gasteiger partial charge in [0.25, 0.3) is 0 Å². The molecule has 1 unspecified atom stereocenters. The first-order chi connectivity index (χ1) is 9.24. The molecule has 0 radical (unpaired) electrons. The van der Waals surface area contributed by atoms with Gasteiger partial charge in [0.1, 0.15) is 0 Å². The molecule has 1 atom stereocenters. The highest BCUT2D eigenvalue weighted by Gasteiger charge is 2.24. The quantitative estimate of drug-likeness (QED) is 0.865. The number of nitrogens with one attached hydrogen (secondary N) is 1. The van der Waals surface area contributed by atoms with Crippen molar-refractivity contribution in [2.75, 3.05) is 6.54 Å². The van der Waals surface area contributed by atoms with Crippen molar-refractivity contribution in [3.63, 3.8) is 0 Å². The van der Waals surface area contributed by atoms with Gasteiger partial charge in [0, 0.05) is 23.5 Å². The Balaban J connectivity index is 1.53.